The van der Waals surface area contributed by atoms with E-state index in [-0.39, 0.29) is 24.8 Å². The molecule has 0 bridgehead atoms. The quantitative estimate of drug-likeness (QED) is 0.840. The second-order valence-electron chi connectivity index (χ2n) is 3.15. The zero-order valence-electron chi connectivity index (χ0n) is 7.86. The summed E-state index contributed by atoms with van der Waals surface area (Å²) in [6.45, 7) is 3.07. The van der Waals surface area contributed by atoms with E-state index in [1.807, 2.05) is 12.1 Å². The van der Waals surface area contributed by atoms with Gasteiger partial charge in [-0.1, -0.05) is 0 Å². The van der Waals surface area contributed by atoms with Gasteiger partial charge < -0.3 is 15.1 Å². The molecule has 1 aliphatic rings. The van der Waals surface area contributed by atoms with E-state index >= 15 is 0 Å². The maximum atomic E-state index is 5.21. The topological polar surface area (TPSA) is 37.2 Å². The summed E-state index contributed by atoms with van der Waals surface area (Å²) >= 11 is 0. The lowest BCUT2D eigenvalue weighted by Gasteiger charge is -2.08. The van der Waals surface area contributed by atoms with E-state index in [9.17, 15) is 0 Å². The van der Waals surface area contributed by atoms with Crippen LogP contribution >= 0.6 is 24.8 Å². The van der Waals surface area contributed by atoms with Gasteiger partial charge in [0.2, 0.25) is 0 Å². The second-order valence-corrected chi connectivity index (χ2v) is 3.15. The first-order chi connectivity index (χ1) is 5.95. The van der Waals surface area contributed by atoms with Crippen molar-refractivity contribution >= 4 is 24.8 Å². The Morgan fingerprint density at radius 3 is 2.93 bits per heavy atom. The first-order valence-electron chi connectivity index (χ1n) is 4.41. The minimum absolute atomic E-state index is 0. The molecule has 1 unspecified atom stereocenters. The van der Waals surface area contributed by atoms with Gasteiger partial charge in [0.1, 0.15) is 5.76 Å². The number of hydrogen-bond acceptors (Lipinski definition) is 3. The highest BCUT2D eigenvalue weighted by atomic mass is 35.5. The van der Waals surface area contributed by atoms with Crippen LogP contribution < -0.4 is 10.6 Å². The lowest BCUT2D eigenvalue weighted by Crippen LogP contribution is -2.30. The molecule has 2 N–H and O–H groups in total. The van der Waals surface area contributed by atoms with Crippen molar-refractivity contribution in [1.82, 2.24) is 10.6 Å². The molecule has 2 rings (SSSR count). The highest BCUT2D eigenvalue weighted by molar-refractivity contribution is 5.85. The molecular formula is C9H16Cl2N2O. The molecule has 0 spiro atoms. The summed E-state index contributed by atoms with van der Waals surface area (Å²) < 4.78 is 5.21. The van der Waals surface area contributed by atoms with Gasteiger partial charge in [0.05, 0.1) is 12.8 Å². The smallest absolute Gasteiger partial charge is 0.117 e. The van der Waals surface area contributed by atoms with Crippen LogP contribution in [0, 0.1) is 0 Å². The normalized spacial score (nSPS) is 19.9. The van der Waals surface area contributed by atoms with Crippen LogP contribution in [0.5, 0.6) is 0 Å². The first kappa shape index (κ1) is 13.8. The zero-order valence-corrected chi connectivity index (χ0v) is 9.50. The van der Waals surface area contributed by atoms with Crippen molar-refractivity contribution in [1.29, 1.82) is 0 Å². The van der Waals surface area contributed by atoms with E-state index in [4.69, 9.17) is 4.42 Å². The third-order valence-electron chi connectivity index (χ3n) is 2.21. The fourth-order valence-electron chi connectivity index (χ4n) is 1.49. The Labute approximate surface area is 96.5 Å². The zero-order chi connectivity index (χ0) is 8.23. The van der Waals surface area contributed by atoms with Crippen molar-refractivity contribution in [3.8, 4) is 0 Å². The molecule has 0 radical (unpaired) electrons. The van der Waals surface area contributed by atoms with E-state index in [1.165, 1.54) is 6.42 Å². The van der Waals surface area contributed by atoms with Gasteiger partial charge in [-0.2, -0.15) is 0 Å². The summed E-state index contributed by atoms with van der Waals surface area (Å²) in [6, 6.07) is 4.54. The van der Waals surface area contributed by atoms with Crippen LogP contribution in [0.15, 0.2) is 22.8 Å². The second kappa shape index (κ2) is 7.12. The molecular weight excluding hydrogens is 223 g/mol. The SMILES string of the molecule is Cl.Cl.c1coc(CNC2CCNC2)c1. The predicted octanol–water partition coefficient (Wildman–Crippen LogP) is 1.57. The van der Waals surface area contributed by atoms with Crippen molar-refractivity contribution in [3.63, 3.8) is 0 Å². The summed E-state index contributed by atoms with van der Waals surface area (Å²) in [4.78, 5) is 0. The molecule has 1 aromatic rings. The van der Waals surface area contributed by atoms with Crippen molar-refractivity contribution in [2.45, 2.75) is 19.0 Å². The summed E-state index contributed by atoms with van der Waals surface area (Å²) in [5, 5.41) is 6.74. The number of halogens is 2. The van der Waals surface area contributed by atoms with Gasteiger partial charge >= 0.3 is 0 Å². The van der Waals surface area contributed by atoms with Crippen LogP contribution in [0.2, 0.25) is 0 Å². The van der Waals surface area contributed by atoms with Gasteiger partial charge in [0, 0.05) is 12.6 Å². The van der Waals surface area contributed by atoms with E-state index in [2.05, 4.69) is 10.6 Å². The fourth-order valence-corrected chi connectivity index (χ4v) is 1.49. The Bertz CT molecular complexity index is 223. The van der Waals surface area contributed by atoms with Crippen LogP contribution in [0.25, 0.3) is 0 Å². The average molecular weight is 239 g/mol. The standard InChI is InChI=1S/C9H14N2O.2ClH/c1-2-9(12-5-1)7-11-8-3-4-10-6-8;;/h1-2,5,8,10-11H,3-4,6-7H2;2*1H. The molecule has 1 saturated heterocycles. The van der Waals surface area contributed by atoms with Gasteiger partial charge in [-0.05, 0) is 25.1 Å². The number of rotatable bonds is 3. The number of furan rings is 1. The van der Waals surface area contributed by atoms with Crippen molar-refractivity contribution in [2.75, 3.05) is 13.1 Å². The molecule has 1 atom stereocenters. The molecule has 82 valence electrons. The van der Waals surface area contributed by atoms with E-state index in [1.54, 1.807) is 6.26 Å². The molecule has 0 amide bonds. The molecule has 0 aliphatic carbocycles. The van der Waals surface area contributed by atoms with Crippen LogP contribution in [-0.2, 0) is 6.54 Å². The van der Waals surface area contributed by atoms with Crippen molar-refractivity contribution < 1.29 is 4.42 Å². The predicted molar refractivity (Wildman–Crippen MR) is 61.3 cm³/mol. The van der Waals surface area contributed by atoms with E-state index in [0.29, 0.717) is 6.04 Å². The third-order valence-corrected chi connectivity index (χ3v) is 2.21. The monoisotopic (exact) mass is 238 g/mol. The van der Waals surface area contributed by atoms with Crippen LogP contribution in [0.3, 0.4) is 0 Å². The van der Waals surface area contributed by atoms with Gasteiger partial charge in [-0.25, -0.2) is 0 Å². The lowest BCUT2D eigenvalue weighted by molar-refractivity contribution is 0.454. The lowest BCUT2D eigenvalue weighted by atomic mass is 10.2. The summed E-state index contributed by atoms with van der Waals surface area (Å²) in [7, 11) is 0. The molecule has 0 saturated carbocycles. The van der Waals surface area contributed by atoms with Crippen LogP contribution in [-0.4, -0.2) is 19.1 Å². The largest absolute Gasteiger partial charge is 0.468 e. The highest BCUT2D eigenvalue weighted by Gasteiger charge is 2.13. The summed E-state index contributed by atoms with van der Waals surface area (Å²) in [5.74, 6) is 1.02. The molecule has 2 heterocycles. The molecule has 5 heteroatoms. The molecule has 14 heavy (non-hydrogen) atoms. The summed E-state index contributed by atoms with van der Waals surface area (Å²) in [5.41, 5.74) is 0. The molecule has 1 aromatic heterocycles. The average Bonchev–Trinajstić information content (AvgIpc) is 2.74. The minimum atomic E-state index is 0. The van der Waals surface area contributed by atoms with E-state index in [0.717, 1.165) is 25.4 Å². The Balaban J connectivity index is 0.000000845. The Morgan fingerprint density at radius 1 is 1.50 bits per heavy atom. The van der Waals surface area contributed by atoms with Gasteiger partial charge in [-0.15, -0.1) is 24.8 Å². The first-order valence-corrected chi connectivity index (χ1v) is 4.41. The summed E-state index contributed by atoms with van der Waals surface area (Å²) in [6.07, 6.45) is 2.94. The number of nitrogens with one attached hydrogen (secondary N) is 2. The van der Waals surface area contributed by atoms with Gasteiger partial charge in [0.25, 0.3) is 0 Å². The molecule has 1 aliphatic heterocycles. The van der Waals surface area contributed by atoms with Gasteiger partial charge in [-0.3, -0.25) is 0 Å². The Hall–Kier alpha value is -0.220. The third kappa shape index (κ3) is 3.88. The maximum absolute atomic E-state index is 5.21. The Morgan fingerprint density at radius 2 is 2.36 bits per heavy atom. The van der Waals surface area contributed by atoms with Crippen molar-refractivity contribution in [3.05, 3.63) is 24.2 Å². The van der Waals surface area contributed by atoms with Crippen LogP contribution in [0.1, 0.15) is 12.2 Å². The molecule has 1 fully saturated rings. The maximum Gasteiger partial charge on any atom is 0.117 e. The Kier molecular flexibility index (Phi) is 7.01. The van der Waals surface area contributed by atoms with Gasteiger partial charge in [0.15, 0.2) is 0 Å². The number of hydrogen-bond donors (Lipinski definition) is 2. The van der Waals surface area contributed by atoms with Crippen molar-refractivity contribution in [2.24, 2.45) is 0 Å². The molecule has 0 aromatic carbocycles. The molecule has 3 nitrogen and oxygen atoms in total. The minimum Gasteiger partial charge on any atom is -0.468 e. The van der Waals surface area contributed by atoms with E-state index < -0.39 is 0 Å². The van der Waals surface area contributed by atoms with Crippen LogP contribution in [0.4, 0.5) is 0 Å². The fraction of sp³-hybridized carbons (Fsp3) is 0.556. The highest BCUT2D eigenvalue weighted by Crippen LogP contribution is 2.02.